The van der Waals surface area contributed by atoms with Crippen molar-refractivity contribution in [1.82, 2.24) is 14.6 Å². The number of carbonyl (C=O) groups excluding carboxylic acids is 1. The van der Waals surface area contributed by atoms with Crippen LogP contribution in [0.5, 0.6) is 0 Å². The number of nitriles is 1. The minimum atomic E-state index is -0.592. The van der Waals surface area contributed by atoms with Gasteiger partial charge in [0.15, 0.2) is 0 Å². The number of aromatic nitrogens is 2. The third-order valence-electron chi connectivity index (χ3n) is 3.03. The van der Waals surface area contributed by atoms with Gasteiger partial charge in [-0.2, -0.15) is 10.4 Å². The van der Waals surface area contributed by atoms with Gasteiger partial charge in [0.05, 0.1) is 12.1 Å². The van der Waals surface area contributed by atoms with E-state index in [4.69, 9.17) is 5.26 Å². The van der Waals surface area contributed by atoms with Crippen molar-refractivity contribution >= 4 is 12.2 Å². The van der Waals surface area contributed by atoms with Crippen LogP contribution in [0.15, 0.2) is 59.5 Å². The SMILES string of the molecule is C=C(/C=C(F)\C=C(/C)C#N)[C@@H]1CC=NN1C(=O)n1ccnc1. The Labute approximate surface area is 127 Å². The molecule has 0 aromatic carbocycles. The summed E-state index contributed by atoms with van der Waals surface area (Å²) in [5.41, 5.74) is 0.640. The molecule has 1 aliphatic rings. The summed E-state index contributed by atoms with van der Waals surface area (Å²) < 4.78 is 15.0. The summed E-state index contributed by atoms with van der Waals surface area (Å²) in [6.45, 7) is 5.30. The van der Waals surface area contributed by atoms with Gasteiger partial charge < -0.3 is 0 Å². The molecule has 2 heterocycles. The van der Waals surface area contributed by atoms with Crippen LogP contribution in [0.3, 0.4) is 0 Å². The molecule has 0 spiro atoms. The predicted octanol–water partition coefficient (Wildman–Crippen LogP) is 2.79. The molecule has 0 unspecified atom stereocenters. The van der Waals surface area contributed by atoms with Gasteiger partial charge in [-0.15, -0.1) is 0 Å². The molecule has 7 heteroatoms. The summed E-state index contributed by atoms with van der Waals surface area (Å²) in [5.74, 6) is -0.592. The molecule has 0 fully saturated rings. The highest BCUT2D eigenvalue weighted by Crippen LogP contribution is 2.22. The van der Waals surface area contributed by atoms with Crippen LogP contribution in [0.4, 0.5) is 9.18 Å². The molecule has 22 heavy (non-hydrogen) atoms. The zero-order chi connectivity index (χ0) is 16.1. The lowest BCUT2D eigenvalue weighted by Gasteiger charge is -2.22. The zero-order valence-corrected chi connectivity index (χ0v) is 12.0. The topological polar surface area (TPSA) is 74.3 Å². The highest BCUT2D eigenvalue weighted by Gasteiger charge is 2.29. The first kappa shape index (κ1) is 15.4. The number of imidazole rings is 1. The molecule has 1 aliphatic heterocycles. The number of carbonyl (C=O) groups is 1. The van der Waals surface area contributed by atoms with Crippen LogP contribution in [0.1, 0.15) is 13.3 Å². The molecule has 1 amide bonds. The smallest absolute Gasteiger partial charge is 0.257 e. The number of allylic oxidation sites excluding steroid dienone is 3. The van der Waals surface area contributed by atoms with E-state index in [0.29, 0.717) is 12.0 Å². The molecule has 2 rings (SSSR count). The Bertz CT molecular complexity index is 709. The average molecular weight is 299 g/mol. The summed E-state index contributed by atoms with van der Waals surface area (Å²) in [6.07, 6.45) is 8.70. The van der Waals surface area contributed by atoms with Crippen molar-refractivity contribution in [2.75, 3.05) is 0 Å². The second-order valence-corrected chi connectivity index (χ2v) is 4.69. The molecule has 0 radical (unpaired) electrons. The highest BCUT2D eigenvalue weighted by molar-refractivity contribution is 5.80. The van der Waals surface area contributed by atoms with Crippen LogP contribution < -0.4 is 0 Å². The molecule has 1 aromatic heterocycles. The van der Waals surface area contributed by atoms with Crippen molar-refractivity contribution in [3.05, 3.63) is 54.4 Å². The predicted molar refractivity (Wildman–Crippen MR) is 79.5 cm³/mol. The summed E-state index contributed by atoms with van der Waals surface area (Å²) in [6, 6.07) is 0.980. The van der Waals surface area contributed by atoms with Crippen molar-refractivity contribution < 1.29 is 9.18 Å². The Morgan fingerprint density at radius 3 is 2.95 bits per heavy atom. The third-order valence-corrected chi connectivity index (χ3v) is 3.03. The standard InChI is InChI=1S/C15H14FN5O/c1-11(9-17)7-13(16)8-12(2)14-3-4-19-21(14)15(22)20-6-5-18-10-20/h4-8,10,14H,2-3H2,1H3/b11-7+,13-8+/t14-/m0/s1. The van der Waals surface area contributed by atoms with Crippen LogP contribution in [0.2, 0.25) is 0 Å². The number of amides is 1. The van der Waals surface area contributed by atoms with E-state index < -0.39 is 17.9 Å². The number of hydrogen-bond acceptors (Lipinski definition) is 4. The number of hydrazone groups is 1. The first-order chi connectivity index (χ1) is 10.5. The Kier molecular flexibility index (Phi) is 4.63. The van der Waals surface area contributed by atoms with Gasteiger partial charge in [0, 0.05) is 30.6 Å². The van der Waals surface area contributed by atoms with E-state index in [1.54, 1.807) is 6.21 Å². The van der Waals surface area contributed by atoms with Gasteiger partial charge in [0.25, 0.3) is 0 Å². The van der Waals surface area contributed by atoms with E-state index in [-0.39, 0.29) is 5.57 Å². The third kappa shape index (κ3) is 3.35. The molecule has 0 saturated heterocycles. The second kappa shape index (κ2) is 6.63. The molecule has 1 aromatic rings. The maximum absolute atomic E-state index is 13.8. The molecule has 0 saturated carbocycles. The molecule has 0 aliphatic carbocycles. The molecule has 6 nitrogen and oxygen atoms in total. The lowest BCUT2D eigenvalue weighted by molar-refractivity contribution is 0.195. The minimum Gasteiger partial charge on any atom is -0.257 e. The first-order valence-electron chi connectivity index (χ1n) is 6.51. The van der Waals surface area contributed by atoms with Crippen molar-refractivity contribution in [3.8, 4) is 6.07 Å². The fraction of sp³-hybridized carbons (Fsp3) is 0.200. The fourth-order valence-electron chi connectivity index (χ4n) is 1.95. The van der Waals surface area contributed by atoms with E-state index in [9.17, 15) is 9.18 Å². The molecular formula is C15H14FN5O. The molecule has 1 atom stereocenters. The van der Waals surface area contributed by atoms with Gasteiger partial charge in [-0.3, -0.25) is 4.57 Å². The largest absolute Gasteiger partial charge is 0.350 e. The normalized spacial score (nSPS) is 18.4. The zero-order valence-electron chi connectivity index (χ0n) is 12.0. The highest BCUT2D eigenvalue weighted by atomic mass is 19.1. The second-order valence-electron chi connectivity index (χ2n) is 4.69. The van der Waals surface area contributed by atoms with Crippen molar-refractivity contribution in [1.29, 1.82) is 5.26 Å². The van der Waals surface area contributed by atoms with Gasteiger partial charge in [-0.05, 0) is 24.6 Å². The van der Waals surface area contributed by atoms with E-state index in [2.05, 4.69) is 16.7 Å². The number of nitrogens with zero attached hydrogens (tertiary/aromatic N) is 5. The summed E-state index contributed by atoms with van der Waals surface area (Å²) in [4.78, 5) is 16.1. The number of rotatable bonds is 3. The van der Waals surface area contributed by atoms with Crippen LogP contribution in [0, 0.1) is 11.3 Å². The fourth-order valence-corrected chi connectivity index (χ4v) is 1.95. The maximum atomic E-state index is 13.8. The van der Waals surface area contributed by atoms with E-state index in [1.807, 2.05) is 6.07 Å². The van der Waals surface area contributed by atoms with Crippen LogP contribution in [-0.4, -0.2) is 32.8 Å². The van der Waals surface area contributed by atoms with E-state index in [1.165, 1.54) is 41.3 Å². The summed E-state index contributed by atoms with van der Waals surface area (Å²) in [5, 5.41) is 13.9. The lowest BCUT2D eigenvalue weighted by Crippen LogP contribution is -2.36. The monoisotopic (exact) mass is 299 g/mol. The van der Waals surface area contributed by atoms with Gasteiger partial charge in [-0.1, -0.05) is 6.58 Å². The van der Waals surface area contributed by atoms with Crippen LogP contribution in [0.25, 0.3) is 0 Å². The maximum Gasteiger partial charge on any atom is 0.350 e. The van der Waals surface area contributed by atoms with Crippen molar-refractivity contribution in [3.63, 3.8) is 0 Å². The lowest BCUT2D eigenvalue weighted by atomic mass is 10.1. The first-order valence-corrected chi connectivity index (χ1v) is 6.51. The molecule has 0 N–H and O–H groups in total. The molecule has 112 valence electrons. The number of halogens is 1. The average Bonchev–Trinajstić information content (AvgIpc) is 3.17. The Morgan fingerprint density at radius 2 is 2.32 bits per heavy atom. The van der Waals surface area contributed by atoms with Gasteiger partial charge in [0.1, 0.15) is 12.2 Å². The minimum absolute atomic E-state index is 0.246. The van der Waals surface area contributed by atoms with Crippen LogP contribution in [-0.2, 0) is 0 Å². The van der Waals surface area contributed by atoms with Gasteiger partial charge >= 0.3 is 6.03 Å². The van der Waals surface area contributed by atoms with E-state index in [0.717, 1.165) is 6.08 Å². The molecule has 0 bridgehead atoms. The van der Waals surface area contributed by atoms with E-state index >= 15 is 0 Å². The van der Waals surface area contributed by atoms with Crippen molar-refractivity contribution in [2.24, 2.45) is 5.10 Å². The van der Waals surface area contributed by atoms with Crippen molar-refractivity contribution in [2.45, 2.75) is 19.4 Å². The Balaban J connectivity index is 2.15. The van der Waals surface area contributed by atoms with Gasteiger partial charge in [0.2, 0.25) is 0 Å². The Hall–Kier alpha value is -3.01. The quantitative estimate of drug-likeness (QED) is 0.636. The Morgan fingerprint density at radius 1 is 1.55 bits per heavy atom. The summed E-state index contributed by atoms with van der Waals surface area (Å²) >= 11 is 0. The van der Waals surface area contributed by atoms with Crippen LogP contribution >= 0.6 is 0 Å². The molecular weight excluding hydrogens is 285 g/mol. The number of hydrogen-bond donors (Lipinski definition) is 0. The summed E-state index contributed by atoms with van der Waals surface area (Å²) in [7, 11) is 0. The van der Waals surface area contributed by atoms with Gasteiger partial charge in [-0.25, -0.2) is 19.2 Å².